The predicted octanol–water partition coefficient (Wildman–Crippen LogP) is 2.70. The van der Waals surface area contributed by atoms with Crippen molar-refractivity contribution in [3.05, 3.63) is 23.8 Å². The highest BCUT2D eigenvalue weighted by atomic mass is 127. The fourth-order valence-electron chi connectivity index (χ4n) is 3.51. The van der Waals surface area contributed by atoms with E-state index in [0.717, 1.165) is 24.6 Å². The summed E-state index contributed by atoms with van der Waals surface area (Å²) in [6.45, 7) is 10.6. The van der Waals surface area contributed by atoms with Gasteiger partial charge < -0.3 is 20.5 Å². The van der Waals surface area contributed by atoms with E-state index in [1.807, 2.05) is 12.1 Å². The Morgan fingerprint density at radius 2 is 2.12 bits per heavy atom. The molecular formula is C19H31IN4O2. The van der Waals surface area contributed by atoms with Gasteiger partial charge in [0.1, 0.15) is 0 Å². The topological polar surface area (TPSA) is 72.1 Å². The number of benzene rings is 1. The summed E-state index contributed by atoms with van der Waals surface area (Å²) >= 11 is 0. The van der Waals surface area contributed by atoms with Gasteiger partial charge in [-0.05, 0) is 43.6 Å². The zero-order chi connectivity index (χ0) is 17.9. The van der Waals surface area contributed by atoms with Gasteiger partial charge in [0.05, 0.1) is 6.54 Å². The largest absolute Gasteiger partial charge is 0.454 e. The Morgan fingerprint density at radius 3 is 2.88 bits per heavy atom. The van der Waals surface area contributed by atoms with Gasteiger partial charge in [-0.2, -0.15) is 0 Å². The highest BCUT2D eigenvalue weighted by Gasteiger charge is 2.25. The van der Waals surface area contributed by atoms with E-state index in [1.54, 1.807) is 0 Å². The van der Waals surface area contributed by atoms with Crippen molar-refractivity contribution in [3.8, 4) is 11.5 Å². The molecule has 6 nitrogen and oxygen atoms in total. The van der Waals surface area contributed by atoms with Gasteiger partial charge in [0.2, 0.25) is 6.79 Å². The van der Waals surface area contributed by atoms with Crippen LogP contribution in [-0.4, -0.2) is 49.9 Å². The summed E-state index contributed by atoms with van der Waals surface area (Å²) in [5.74, 6) is 2.14. The molecule has 1 aromatic carbocycles. The predicted molar refractivity (Wildman–Crippen MR) is 116 cm³/mol. The lowest BCUT2D eigenvalue weighted by Gasteiger charge is -2.25. The van der Waals surface area contributed by atoms with Crippen LogP contribution in [0.2, 0.25) is 0 Å². The fraction of sp³-hybridized carbons (Fsp3) is 0.632. The minimum Gasteiger partial charge on any atom is -0.454 e. The number of likely N-dealkylation sites (tertiary alicyclic amines) is 1. The van der Waals surface area contributed by atoms with Crippen LogP contribution < -0.4 is 20.5 Å². The Bertz CT molecular complexity index is 636. The van der Waals surface area contributed by atoms with Gasteiger partial charge in [-0.1, -0.05) is 26.8 Å². The number of aliphatic imine (C=N–C) groups is 1. The number of rotatable bonds is 6. The molecule has 2 aliphatic heterocycles. The van der Waals surface area contributed by atoms with E-state index in [0.29, 0.717) is 25.3 Å². The second kappa shape index (κ2) is 9.12. The van der Waals surface area contributed by atoms with E-state index in [-0.39, 0.29) is 29.4 Å². The smallest absolute Gasteiger partial charge is 0.231 e. The molecule has 3 N–H and O–H groups in total. The third kappa shape index (κ3) is 4.94. The minimum absolute atomic E-state index is 0. The van der Waals surface area contributed by atoms with Gasteiger partial charge >= 0.3 is 0 Å². The summed E-state index contributed by atoms with van der Waals surface area (Å²) in [5, 5.41) is 3.30. The molecule has 0 amide bonds. The van der Waals surface area contributed by atoms with E-state index in [4.69, 9.17) is 15.2 Å². The Morgan fingerprint density at radius 1 is 1.35 bits per heavy atom. The average Bonchev–Trinajstić information content (AvgIpc) is 3.25. The molecule has 1 atom stereocenters. The third-order valence-corrected chi connectivity index (χ3v) is 5.22. The number of hydrogen-bond acceptors (Lipinski definition) is 4. The van der Waals surface area contributed by atoms with Crippen LogP contribution in [-0.2, 0) is 5.41 Å². The molecule has 3 rings (SSSR count). The maximum atomic E-state index is 6.09. The molecule has 2 aliphatic rings. The monoisotopic (exact) mass is 474 g/mol. The van der Waals surface area contributed by atoms with Gasteiger partial charge in [0.25, 0.3) is 0 Å². The molecule has 0 radical (unpaired) electrons. The van der Waals surface area contributed by atoms with Gasteiger partial charge in [0, 0.05) is 18.0 Å². The summed E-state index contributed by atoms with van der Waals surface area (Å²) in [7, 11) is 0. The van der Waals surface area contributed by atoms with Crippen LogP contribution in [0.5, 0.6) is 11.5 Å². The van der Waals surface area contributed by atoms with Crippen molar-refractivity contribution in [2.24, 2.45) is 10.7 Å². The summed E-state index contributed by atoms with van der Waals surface area (Å²) in [5.41, 5.74) is 7.13. The zero-order valence-corrected chi connectivity index (χ0v) is 18.3. The van der Waals surface area contributed by atoms with Crippen molar-refractivity contribution in [2.45, 2.75) is 45.1 Å². The van der Waals surface area contributed by atoms with Crippen LogP contribution in [0.4, 0.5) is 0 Å². The summed E-state index contributed by atoms with van der Waals surface area (Å²) < 4.78 is 10.9. The van der Waals surface area contributed by atoms with Gasteiger partial charge in [-0.3, -0.25) is 9.89 Å². The number of ether oxygens (including phenoxy) is 2. The molecule has 7 heteroatoms. The first kappa shape index (κ1) is 21.1. The summed E-state index contributed by atoms with van der Waals surface area (Å²) in [6, 6.07) is 6.65. The zero-order valence-electron chi connectivity index (χ0n) is 16.0. The SMILES string of the molecule is CCN1CCCC1CNC(N)=NCC(C)(C)c1ccc2c(c1)OCO2.I. The molecule has 26 heavy (non-hydrogen) atoms. The maximum absolute atomic E-state index is 6.09. The molecule has 0 bridgehead atoms. The minimum atomic E-state index is -0.129. The molecule has 146 valence electrons. The van der Waals surface area contributed by atoms with Gasteiger partial charge in [0.15, 0.2) is 17.5 Å². The van der Waals surface area contributed by atoms with Crippen LogP contribution in [0, 0.1) is 0 Å². The molecule has 1 fully saturated rings. The lowest BCUT2D eigenvalue weighted by Crippen LogP contribution is -2.43. The summed E-state index contributed by atoms with van der Waals surface area (Å²) in [4.78, 5) is 7.07. The van der Waals surface area contributed by atoms with Crippen molar-refractivity contribution in [1.82, 2.24) is 10.2 Å². The van der Waals surface area contributed by atoms with Crippen molar-refractivity contribution in [2.75, 3.05) is 33.0 Å². The number of nitrogens with zero attached hydrogens (tertiary/aromatic N) is 2. The van der Waals surface area contributed by atoms with E-state index < -0.39 is 0 Å². The number of guanidine groups is 1. The van der Waals surface area contributed by atoms with E-state index in [2.05, 4.69) is 42.0 Å². The normalized spacial score (nSPS) is 20.1. The highest BCUT2D eigenvalue weighted by Crippen LogP contribution is 2.36. The number of nitrogens with one attached hydrogen (secondary N) is 1. The number of likely N-dealkylation sites (N-methyl/N-ethyl adjacent to an activating group) is 1. The molecule has 1 aromatic rings. The van der Waals surface area contributed by atoms with Crippen LogP contribution in [0.25, 0.3) is 0 Å². The van der Waals surface area contributed by atoms with E-state index >= 15 is 0 Å². The maximum Gasteiger partial charge on any atom is 0.231 e. The molecule has 2 heterocycles. The Balaban J connectivity index is 0.00000243. The second-order valence-electron chi connectivity index (χ2n) is 7.46. The number of halogens is 1. The van der Waals surface area contributed by atoms with Crippen LogP contribution in [0.3, 0.4) is 0 Å². The molecule has 1 unspecified atom stereocenters. The highest BCUT2D eigenvalue weighted by molar-refractivity contribution is 14.0. The molecule has 0 saturated carbocycles. The Hall–Kier alpha value is -1.22. The van der Waals surface area contributed by atoms with Crippen molar-refractivity contribution >= 4 is 29.9 Å². The Kier molecular flexibility index (Phi) is 7.40. The third-order valence-electron chi connectivity index (χ3n) is 5.22. The lowest BCUT2D eigenvalue weighted by atomic mass is 9.84. The molecule has 0 spiro atoms. The first-order valence-corrected chi connectivity index (χ1v) is 9.17. The molecule has 0 aromatic heterocycles. The van der Waals surface area contributed by atoms with E-state index in [9.17, 15) is 0 Å². The molecule has 1 saturated heterocycles. The average molecular weight is 474 g/mol. The molecule has 0 aliphatic carbocycles. The number of hydrogen-bond donors (Lipinski definition) is 2. The quantitative estimate of drug-likeness (QED) is 0.377. The summed E-state index contributed by atoms with van der Waals surface area (Å²) in [6.07, 6.45) is 2.51. The number of nitrogens with two attached hydrogens (primary N) is 1. The first-order valence-electron chi connectivity index (χ1n) is 9.17. The lowest BCUT2D eigenvalue weighted by molar-refractivity contribution is 0.174. The number of fused-ring (bicyclic) bond motifs is 1. The van der Waals surface area contributed by atoms with Gasteiger partial charge in [-0.15, -0.1) is 24.0 Å². The van der Waals surface area contributed by atoms with Crippen molar-refractivity contribution in [1.29, 1.82) is 0 Å². The standard InChI is InChI=1S/C19H30N4O2.HI/c1-4-23-9-5-6-15(23)11-21-18(20)22-12-19(2,3)14-7-8-16-17(10-14)25-13-24-16;/h7-8,10,15H,4-6,9,11-13H2,1-3H3,(H3,20,21,22);1H. The van der Waals surface area contributed by atoms with Crippen LogP contribution >= 0.6 is 24.0 Å². The molecular weight excluding hydrogens is 443 g/mol. The van der Waals surface area contributed by atoms with Crippen LogP contribution in [0.1, 0.15) is 39.2 Å². The van der Waals surface area contributed by atoms with Crippen LogP contribution in [0.15, 0.2) is 23.2 Å². The van der Waals surface area contributed by atoms with Gasteiger partial charge in [-0.25, -0.2) is 0 Å². The first-order chi connectivity index (χ1) is 12.0. The second-order valence-corrected chi connectivity index (χ2v) is 7.46. The Labute approximate surface area is 173 Å². The van der Waals surface area contributed by atoms with Crippen molar-refractivity contribution < 1.29 is 9.47 Å². The fourth-order valence-corrected chi connectivity index (χ4v) is 3.51. The van der Waals surface area contributed by atoms with Crippen molar-refractivity contribution in [3.63, 3.8) is 0 Å². The van der Waals surface area contributed by atoms with E-state index in [1.165, 1.54) is 24.9 Å².